The highest BCUT2D eigenvalue weighted by molar-refractivity contribution is 7.99. The molecule has 0 heterocycles. The third kappa shape index (κ3) is 7.48. The third-order valence-corrected chi connectivity index (χ3v) is 4.80. The van der Waals surface area contributed by atoms with E-state index in [1.165, 1.54) is 29.5 Å². The van der Waals surface area contributed by atoms with E-state index in [0.29, 0.717) is 18.1 Å². The summed E-state index contributed by atoms with van der Waals surface area (Å²) in [5.74, 6) is 1.85. The SMILES string of the molecule is CCCOc1ccccc1CCCNC(=O)CSCc1ccc(F)cc1. The summed E-state index contributed by atoms with van der Waals surface area (Å²) < 4.78 is 18.6. The maximum atomic E-state index is 12.8. The summed E-state index contributed by atoms with van der Waals surface area (Å²) >= 11 is 1.53. The lowest BCUT2D eigenvalue weighted by atomic mass is 10.1. The summed E-state index contributed by atoms with van der Waals surface area (Å²) in [7, 11) is 0. The monoisotopic (exact) mass is 375 g/mol. The van der Waals surface area contributed by atoms with Gasteiger partial charge in [-0.15, -0.1) is 11.8 Å². The fourth-order valence-electron chi connectivity index (χ4n) is 2.46. The van der Waals surface area contributed by atoms with E-state index in [2.05, 4.69) is 18.3 Å². The van der Waals surface area contributed by atoms with E-state index in [9.17, 15) is 9.18 Å². The summed E-state index contributed by atoms with van der Waals surface area (Å²) in [5.41, 5.74) is 2.20. The molecule has 26 heavy (non-hydrogen) atoms. The molecule has 0 saturated heterocycles. The standard InChI is InChI=1S/C21H26FNO2S/c1-2-14-25-20-8-4-3-6-18(20)7-5-13-23-21(24)16-26-15-17-9-11-19(22)12-10-17/h3-4,6,8-12H,2,5,7,13-16H2,1H3,(H,23,24). The lowest BCUT2D eigenvalue weighted by Gasteiger charge is -2.11. The van der Waals surface area contributed by atoms with Gasteiger partial charge in [0.2, 0.25) is 5.91 Å². The van der Waals surface area contributed by atoms with Gasteiger partial charge in [-0.05, 0) is 48.6 Å². The van der Waals surface area contributed by atoms with Crippen molar-refractivity contribution < 1.29 is 13.9 Å². The van der Waals surface area contributed by atoms with Gasteiger partial charge >= 0.3 is 0 Å². The van der Waals surface area contributed by atoms with E-state index in [-0.39, 0.29) is 11.7 Å². The molecular weight excluding hydrogens is 349 g/mol. The normalized spacial score (nSPS) is 10.5. The van der Waals surface area contributed by atoms with Crippen molar-refractivity contribution in [2.24, 2.45) is 0 Å². The Morgan fingerprint density at radius 3 is 2.69 bits per heavy atom. The van der Waals surface area contributed by atoms with Crippen molar-refractivity contribution >= 4 is 17.7 Å². The van der Waals surface area contributed by atoms with Gasteiger partial charge in [-0.2, -0.15) is 0 Å². The van der Waals surface area contributed by atoms with Crippen LogP contribution in [-0.2, 0) is 17.0 Å². The van der Waals surface area contributed by atoms with Crippen molar-refractivity contribution in [3.05, 3.63) is 65.5 Å². The van der Waals surface area contributed by atoms with Crippen LogP contribution in [-0.4, -0.2) is 24.8 Å². The molecule has 0 bridgehead atoms. The summed E-state index contributed by atoms with van der Waals surface area (Å²) in [6, 6.07) is 14.4. The van der Waals surface area contributed by atoms with Crippen molar-refractivity contribution in [2.45, 2.75) is 31.9 Å². The Kier molecular flexibility index (Phi) is 9.04. The van der Waals surface area contributed by atoms with Gasteiger partial charge in [0.05, 0.1) is 12.4 Å². The molecule has 2 aromatic rings. The van der Waals surface area contributed by atoms with E-state index in [1.54, 1.807) is 12.1 Å². The van der Waals surface area contributed by atoms with E-state index >= 15 is 0 Å². The Labute approximate surface area is 159 Å². The molecule has 0 saturated carbocycles. The minimum Gasteiger partial charge on any atom is -0.493 e. The highest BCUT2D eigenvalue weighted by atomic mass is 32.2. The van der Waals surface area contributed by atoms with Gasteiger partial charge < -0.3 is 10.1 Å². The first-order valence-corrected chi connectivity index (χ1v) is 10.1. The molecule has 3 nitrogen and oxygen atoms in total. The number of benzene rings is 2. The number of carbonyl (C=O) groups excluding carboxylic acids is 1. The average Bonchev–Trinajstić information content (AvgIpc) is 2.66. The van der Waals surface area contributed by atoms with Crippen LogP contribution >= 0.6 is 11.8 Å². The number of para-hydroxylation sites is 1. The van der Waals surface area contributed by atoms with Gasteiger partial charge in [-0.25, -0.2) is 4.39 Å². The predicted molar refractivity (Wildman–Crippen MR) is 106 cm³/mol. The van der Waals surface area contributed by atoms with Gasteiger partial charge in [0.15, 0.2) is 0 Å². The van der Waals surface area contributed by atoms with Gasteiger partial charge in [0, 0.05) is 12.3 Å². The molecule has 2 rings (SSSR count). The maximum absolute atomic E-state index is 12.8. The lowest BCUT2D eigenvalue weighted by Crippen LogP contribution is -2.26. The highest BCUT2D eigenvalue weighted by Gasteiger charge is 2.05. The number of thioether (sulfide) groups is 1. The molecule has 0 radical (unpaired) electrons. The first-order valence-electron chi connectivity index (χ1n) is 8.98. The molecule has 0 aromatic heterocycles. The largest absolute Gasteiger partial charge is 0.493 e. The first kappa shape index (κ1) is 20.3. The molecule has 0 aliphatic heterocycles. The van der Waals surface area contributed by atoms with E-state index in [0.717, 1.165) is 37.2 Å². The zero-order valence-electron chi connectivity index (χ0n) is 15.2. The van der Waals surface area contributed by atoms with Crippen molar-refractivity contribution in [1.82, 2.24) is 5.32 Å². The van der Waals surface area contributed by atoms with Crippen LogP contribution in [0.4, 0.5) is 4.39 Å². The third-order valence-electron chi connectivity index (χ3n) is 3.79. The number of nitrogens with one attached hydrogen (secondary N) is 1. The lowest BCUT2D eigenvalue weighted by molar-refractivity contribution is -0.118. The molecule has 5 heteroatoms. The zero-order valence-corrected chi connectivity index (χ0v) is 16.0. The topological polar surface area (TPSA) is 38.3 Å². The summed E-state index contributed by atoms with van der Waals surface area (Å²) in [5, 5.41) is 2.95. The van der Waals surface area contributed by atoms with E-state index < -0.39 is 0 Å². The fourth-order valence-corrected chi connectivity index (χ4v) is 3.28. The quantitative estimate of drug-likeness (QED) is 0.584. The number of carbonyl (C=O) groups is 1. The van der Waals surface area contributed by atoms with Crippen LogP contribution in [0.15, 0.2) is 48.5 Å². The number of halogens is 1. The Morgan fingerprint density at radius 1 is 1.15 bits per heavy atom. The number of ether oxygens (including phenoxy) is 1. The van der Waals surface area contributed by atoms with Crippen LogP contribution < -0.4 is 10.1 Å². The molecular formula is C21H26FNO2S. The second-order valence-corrected chi connectivity index (χ2v) is 7.01. The maximum Gasteiger partial charge on any atom is 0.230 e. The minimum absolute atomic E-state index is 0.0348. The van der Waals surface area contributed by atoms with Crippen molar-refractivity contribution in [1.29, 1.82) is 0 Å². The van der Waals surface area contributed by atoms with E-state index in [4.69, 9.17) is 4.74 Å². The Bertz CT molecular complexity index is 676. The Balaban J connectivity index is 1.62. The zero-order chi connectivity index (χ0) is 18.6. The second-order valence-electron chi connectivity index (χ2n) is 6.03. The van der Waals surface area contributed by atoms with Crippen molar-refractivity contribution in [3.63, 3.8) is 0 Å². The molecule has 0 atom stereocenters. The highest BCUT2D eigenvalue weighted by Crippen LogP contribution is 2.19. The molecule has 140 valence electrons. The molecule has 1 N–H and O–H groups in total. The molecule has 2 aromatic carbocycles. The van der Waals surface area contributed by atoms with E-state index in [1.807, 2.05) is 18.2 Å². The van der Waals surface area contributed by atoms with Crippen molar-refractivity contribution in [3.8, 4) is 5.75 Å². The van der Waals surface area contributed by atoms with Gasteiger partial charge in [-0.3, -0.25) is 4.79 Å². The van der Waals surface area contributed by atoms with Gasteiger partial charge in [0.25, 0.3) is 0 Å². The van der Waals surface area contributed by atoms with Crippen LogP contribution in [0.1, 0.15) is 30.9 Å². The second kappa shape index (κ2) is 11.6. The summed E-state index contributed by atoms with van der Waals surface area (Å²) in [6.07, 6.45) is 2.74. The number of rotatable bonds is 11. The minimum atomic E-state index is -0.238. The number of hydrogen-bond acceptors (Lipinski definition) is 3. The van der Waals surface area contributed by atoms with Gasteiger partial charge in [0.1, 0.15) is 11.6 Å². The van der Waals surface area contributed by atoms with Crippen LogP contribution in [0.3, 0.4) is 0 Å². The number of amides is 1. The number of aryl methyl sites for hydroxylation is 1. The number of hydrogen-bond donors (Lipinski definition) is 1. The van der Waals surface area contributed by atoms with Crippen LogP contribution in [0, 0.1) is 5.82 Å². The fraction of sp³-hybridized carbons (Fsp3) is 0.381. The Hall–Kier alpha value is -2.01. The predicted octanol–water partition coefficient (Wildman–Crippen LogP) is 4.60. The van der Waals surface area contributed by atoms with Crippen LogP contribution in [0.25, 0.3) is 0 Å². The smallest absolute Gasteiger partial charge is 0.230 e. The molecule has 0 aliphatic carbocycles. The first-order chi connectivity index (χ1) is 12.7. The molecule has 1 amide bonds. The van der Waals surface area contributed by atoms with Gasteiger partial charge in [-0.1, -0.05) is 37.3 Å². The van der Waals surface area contributed by atoms with Crippen molar-refractivity contribution in [2.75, 3.05) is 18.9 Å². The summed E-state index contributed by atoms with van der Waals surface area (Å²) in [4.78, 5) is 11.9. The molecule has 0 fully saturated rings. The van der Waals surface area contributed by atoms with Crippen LogP contribution in [0.5, 0.6) is 5.75 Å². The van der Waals surface area contributed by atoms with Crippen LogP contribution in [0.2, 0.25) is 0 Å². The molecule has 0 spiro atoms. The molecule has 0 aliphatic rings. The molecule has 0 unspecified atom stereocenters. The average molecular weight is 376 g/mol. The summed E-state index contributed by atoms with van der Waals surface area (Å²) in [6.45, 7) is 3.46. The Morgan fingerprint density at radius 2 is 1.92 bits per heavy atom.